The zero-order valence-corrected chi connectivity index (χ0v) is 18.8. The Morgan fingerprint density at radius 3 is 2.47 bits per heavy atom. The van der Waals surface area contributed by atoms with Gasteiger partial charge in [-0.3, -0.25) is 4.79 Å². The molecule has 0 saturated carbocycles. The van der Waals surface area contributed by atoms with Crippen LogP contribution in [0.4, 0.5) is 17.6 Å². The van der Waals surface area contributed by atoms with Crippen LogP contribution < -0.4 is 5.32 Å². The molecule has 2 aromatic heterocycles. The quantitative estimate of drug-likeness (QED) is 0.313. The summed E-state index contributed by atoms with van der Waals surface area (Å²) >= 11 is 1.35. The summed E-state index contributed by atoms with van der Waals surface area (Å²) in [5.74, 6) is -2.25. The maximum absolute atomic E-state index is 13.5. The van der Waals surface area contributed by atoms with Gasteiger partial charge in [-0.1, -0.05) is 11.8 Å². The second-order valence-corrected chi connectivity index (χ2v) is 8.52. The van der Waals surface area contributed by atoms with Crippen LogP contribution in [0.25, 0.3) is 22.6 Å². The molecule has 13 heteroatoms. The monoisotopic (exact) mass is 497 g/mol. The summed E-state index contributed by atoms with van der Waals surface area (Å²) in [6, 6.07) is 7.38. The highest BCUT2D eigenvalue weighted by atomic mass is 32.2. The molecule has 1 saturated heterocycles. The van der Waals surface area contributed by atoms with Crippen molar-refractivity contribution in [2.75, 3.05) is 19.5 Å². The van der Waals surface area contributed by atoms with Crippen LogP contribution in [0.5, 0.6) is 0 Å². The minimum absolute atomic E-state index is 0.239. The van der Waals surface area contributed by atoms with E-state index in [0.717, 1.165) is 0 Å². The normalized spacial score (nSPS) is 20.8. The number of carbonyl (C=O) groups excluding carboxylic acids is 1. The number of aromatic amines is 1. The van der Waals surface area contributed by atoms with Gasteiger partial charge in [-0.15, -0.1) is 0 Å². The van der Waals surface area contributed by atoms with Gasteiger partial charge < -0.3 is 19.8 Å². The van der Waals surface area contributed by atoms with Crippen molar-refractivity contribution in [1.82, 2.24) is 25.3 Å². The van der Waals surface area contributed by atoms with Gasteiger partial charge in [0.25, 0.3) is 0 Å². The molecule has 34 heavy (non-hydrogen) atoms. The molecule has 0 unspecified atom stereocenters. The van der Waals surface area contributed by atoms with Crippen LogP contribution in [-0.4, -0.2) is 57.0 Å². The molecule has 3 heterocycles. The fraction of sp³-hybridized carbons (Fsp3) is 0.333. The molecular formula is C21H19F4N5O3S. The van der Waals surface area contributed by atoms with Crippen molar-refractivity contribution in [1.29, 1.82) is 0 Å². The Morgan fingerprint density at radius 2 is 1.85 bits per heavy atom. The Kier molecular flexibility index (Phi) is 6.60. The molecule has 0 atom stereocenters. The highest BCUT2D eigenvalue weighted by Gasteiger charge is 2.44. The average molecular weight is 497 g/mol. The Hall–Kier alpha value is -3.03. The minimum Gasteiger partial charge on any atom is -0.343 e. The maximum atomic E-state index is 13.5. The number of thioether (sulfide) groups is 1. The molecule has 1 aliphatic heterocycles. The van der Waals surface area contributed by atoms with Crippen molar-refractivity contribution in [2.24, 2.45) is 0 Å². The zero-order chi connectivity index (χ0) is 24.5. The van der Waals surface area contributed by atoms with Gasteiger partial charge in [-0.05, 0) is 43.5 Å². The van der Waals surface area contributed by atoms with E-state index in [0.29, 0.717) is 27.8 Å². The highest BCUT2D eigenvalue weighted by molar-refractivity contribution is 7.98. The maximum Gasteiger partial charge on any atom is 0.471 e. The van der Waals surface area contributed by atoms with Crippen molar-refractivity contribution >= 4 is 17.7 Å². The summed E-state index contributed by atoms with van der Waals surface area (Å²) in [5.41, 5.74) is 0.701. The summed E-state index contributed by atoms with van der Waals surface area (Å²) in [7, 11) is 0. The number of amides is 1. The van der Waals surface area contributed by atoms with Crippen molar-refractivity contribution < 1.29 is 31.8 Å². The van der Waals surface area contributed by atoms with Crippen LogP contribution in [0.2, 0.25) is 0 Å². The Morgan fingerprint density at radius 1 is 1.18 bits per heavy atom. The van der Waals surface area contributed by atoms with E-state index < -0.39 is 29.7 Å². The number of ether oxygens (including phenoxy) is 2. The first-order valence-corrected chi connectivity index (χ1v) is 11.2. The molecule has 3 aromatic rings. The predicted octanol–water partition coefficient (Wildman–Crippen LogP) is 3.88. The lowest BCUT2D eigenvalue weighted by Gasteiger charge is -2.37. The minimum atomic E-state index is -5.02. The van der Waals surface area contributed by atoms with Crippen molar-refractivity contribution in [2.45, 2.75) is 30.1 Å². The smallest absolute Gasteiger partial charge is 0.343 e. The van der Waals surface area contributed by atoms with Gasteiger partial charge in [0.15, 0.2) is 11.0 Å². The molecule has 2 N–H and O–H groups in total. The Balaban J connectivity index is 1.62. The molecular weight excluding hydrogens is 478 g/mol. The van der Waals surface area contributed by atoms with Crippen LogP contribution in [0, 0.1) is 5.82 Å². The summed E-state index contributed by atoms with van der Waals surface area (Å²) < 4.78 is 62.5. The van der Waals surface area contributed by atoms with E-state index in [1.54, 1.807) is 24.4 Å². The number of hydrogen-bond acceptors (Lipinski definition) is 7. The number of carbonyl (C=O) groups is 1. The third-order valence-electron chi connectivity index (χ3n) is 4.91. The Bertz CT molecular complexity index is 1180. The van der Waals surface area contributed by atoms with Crippen molar-refractivity contribution in [3.8, 4) is 22.6 Å². The molecule has 0 spiro atoms. The first-order valence-electron chi connectivity index (χ1n) is 9.94. The van der Waals surface area contributed by atoms with Crippen LogP contribution in [0.3, 0.4) is 0 Å². The van der Waals surface area contributed by atoms with E-state index in [2.05, 4.69) is 19.9 Å². The van der Waals surface area contributed by atoms with Crippen molar-refractivity contribution in [3.63, 3.8) is 0 Å². The topological polar surface area (TPSA) is 102 Å². The molecule has 1 fully saturated rings. The number of alkyl halides is 3. The standard InChI is InChI=1S/C21H19F4N5O3S/c1-20(30-18(31)21(23,24)25)9-32-17(33-10-20)16-28-14(11-3-5-12(22)6-4-11)15(29-16)13-7-8-26-19(27-13)34-2/h3-8,17H,9-10H2,1-2H3,(H,28,29)(H,30,31). The van der Waals surface area contributed by atoms with E-state index in [1.807, 2.05) is 11.6 Å². The van der Waals surface area contributed by atoms with Gasteiger partial charge >= 0.3 is 12.1 Å². The molecule has 4 rings (SSSR count). The van der Waals surface area contributed by atoms with Crippen LogP contribution in [-0.2, 0) is 14.3 Å². The van der Waals surface area contributed by atoms with E-state index in [9.17, 15) is 22.4 Å². The zero-order valence-electron chi connectivity index (χ0n) is 17.9. The van der Waals surface area contributed by atoms with Crippen LogP contribution in [0.1, 0.15) is 19.0 Å². The molecule has 1 aromatic carbocycles. The summed E-state index contributed by atoms with van der Waals surface area (Å²) in [6.45, 7) is 0.895. The number of rotatable bonds is 5. The number of aromatic nitrogens is 4. The van der Waals surface area contributed by atoms with Gasteiger partial charge in [-0.2, -0.15) is 13.2 Å². The summed E-state index contributed by atoms with van der Waals surface area (Å²) in [4.78, 5) is 27.6. The molecule has 0 bridgehead atoms. The lowest BCUT2D eigenvalue weighted by molar-refractivity contribution is -0.222. The first-order chi connectivity index (χ1) is 16.1. The van der Waals surface area contributed by atoms with Crippen molar-refractivity contribution in [3.05, 3.63) is 48.2 Å². The largest absolute Gasteiger partial charge is 0.471 e. The third kappa shape index (κ3) is 5.21. The third-order valence-corrected chi connectivity index (χ3v) is 5.48. The molecule has 8 nitrogen and oxygen atoms in total. The van der Waals surface area contributed by atoms with E-state index in [1.165, 1.54) is 30.8 Å². The highest BCUT2D eigenvalue weighted by Crippen LogP contribution is 2.34. The lowest BCUT2D eigenvalue weighted by atomic mass is 10.0. The number of halogens is 4. The fourth-order valence-corrected chi connectivity index (χ4v) is 3.62. The van der Waals surface area contributed by atoms with E-state index in [-0.39, 0.29) is 19.0 Å². The van der Waals surface area contributed by atoms with Gasteiger partial charge in [0.05, 0.1) is 35.8 Å². The van der Waals surface area contributed by atoms with Crippen LogP contribution in [0.15, 0.2) is 41.7 Å². The number of nitrogens with zero attached hydrogens (tertiary/aromatic N) is 3. The second kappa shape index (κ2) is 9.31. The van der Waals surface area contributed by atoms with Gasteiger partial charge in [-0.25, -0.2) is 19.3 Å². The molecule has 0 radical (unpaired) electrons. The predicted molar refractivity (Wildman–Crippen MR) is 114 cm³/mol. The molecule has 0 aliphatic carbocycles. The lowest BCUT2D eigenvalue weighted by Crippen LogP contribution is -2.58. The van der Waals surface area contributed by atoms with E-state index >= 15 is 0 Å². The van der Waals surface area contributed by atoms with Gasteiger partial charge in [0, 0.05) is 11.8 Å². The summed E-state index contributed by atoms with van der Waals surface area (Å²) in [6.07, 6.45) is -2.64. The van der Waals surface area contributed by atoms with E-state index in [4.69, 9.17) is 9.47 Å². The fourth-order valence-electron chi connectivity index (χ4n) is 3.27. The number of benzene rings is 1. The molecule has 180 valence electrons. The molecule has 1 aliphatic rings. The SMILES string of the molecule is CSc1nccc(-c2[nH]c(C3OCC(C)(NC(=O)C(F)(F)F)CO3)nc2-c2ccc(F)cc2)n1. The molecule has 1 amide bonds. The number of imidazole rings is 1. The van der Waals surface area contributed by atoms with Crippen LogP contribution >= 0.6 is 11.8 Å². The number of nitrogens with one attached hydrogen (secondary N) is 2. The first kappa shape index (κ1) is 24.1. The average Bonchev–Trinajstić information content (AvgIpc) is 3.24. The number of H-pyrrole nitrogens is 1. The van der Waals surface area contributed by atoms with Gasteiger partial charge in [0.1, 0.15) is 5.82 Å². The Labute approximate surface area is 195 Å². The second-order valence-electron chi connectivity index (χ2n) is 7.75. The van der Waals surface area contributed by atoms with Gasteiger partial charge in [0.2, 0.25) is 6.29 Å². The summed E-state index contributed by atoms with van der Waals surface area (Å²) in [5, 5.41) is 2.42. The number of hydrogen-bond donors (Lipinski definition) is 2.